The van der Waals surface area contributed by atoms with Crippen molar-refractivity contribution in [3.63, 3.8) is 0 Å². The molecule has 1 saturated carbocycles. The Morgan fingerprint density at radius 1 is 1.25 bits per heavy atom. The summed E-state index contributed by atoms with van der Waals surface area (Å²) in [6, 6.07) is 0. The van der Waals surface area contributed by atoms with E-state index in [0.717, 1.165) is 12.8 Å². The van der Waals surface area contributed by atoms with Crippen LogP contribution in [0.4, 0.5) is 13.2 Å². The largest absolute Gasteiger partial charge is 0.451 e. The van der Waals surface area contributed by atoms with Gasteiger partial charge in [-0.05, 0) is 25.7 Å². The van der Waals surface area contributed by atoms with Crippen LogP contribution in [0.25, 0.3) is 0 Å². The van der Waals surface area contributed by atoms with Crippen LogP contribution in [0.2, 0.25) is 0 Å². The summed E-state index contributed by atoms with van der Waals surface area (Å²) in [5.41, 5.74) is 6.01. The standard InChI is InChI=1S/C12H18F3N5/c1-11(16,8-2-3-8)7-19-4-5-20-9(6-19)17-18-10(20)12(13,14)15/h8H,2-7,16H2,1H3. The number of halogens is 3. The van der Waals surface area contributed by atoms with Gasteiger partial charge in [0.25, 0.3) is 0 Å². The molecular formula is C12H18F3N5. The summed E-state index contributed by atoms with van der Waals surface area (Å²) in [6.07, 6.45) is -2.14. The van der Waals surface area contributed by atoms with Gasteiger partial charge in [-0.1, -0.05) is 0 Å². The smallest absolute Gasteiger partial charge is 0.324 e. The zero-order valence-electron chi connectivity index (χ0n) is 11.3. The van der Waals surface area contributed by atoms with E-state index in [-0.39, 0.29) is 12.1 Å². The van der Waals surface area contributed by atoms with E-state index in [0.29, 0.717) is 31.4 Å². The van der Waals surface area contributed by atoms with Crippen LogP contribution in [0.3, 0.4) is 0 Å². The van der Waals surface area contributed by atoms with Gasteiger partial charge in [-0.2, -0.15) is 13.2 Å². The molecule has 0 aromatic carbocycles. The van der Waals surface area contributed by atoms with E-state index in [2.05, 4.69) is 15.1 Å². The Morgan fingerprint density at radius 2 is 1.95 bits per heavy atom. The molecule has 2 heterocycles. The van der Waals surface area contributed by atoms with E-state index >= 15 is 0 Å². The van der Waals surface area contributed by atoms with Crippen molar-refractivity contribution in [2.45, 2.75) is 44.6 Å². The van der Waals surface area contributed by atoms with E-state index in [1.54, 1.807) is 0 Å². The Hall–Kier alpha value is -1.15. The maximum absolute atomic E-state index is 12.7. The van der Waals surface area contributed by atoms with Crippen molar-refractivity contribution in [2.75, 3.05) is 13.1 Å². The number of rotatable bonds is 3. The molecule has 0 bridgehead atoms. The molecule has 3 rings (SSSR count). The van der Waals surface area contributed by atoms with Crippen LogP contribution in [0.15, 0.2) is 0 Å². The lowest BCUT2D eigenvalue weighted by molar-refractivity contribution is -0.148. The van der Waals surface area contributed by atoms with Crippen LogP contribution in [0, 0.1) is 5.92 Å². The van der Waals surface area contributed by atoms with Crippen LogP contribution >= 0.6 is 0 Å². The monoisotopic (exact) mass is 289 g/mol. The van der Waals surface area contributed by atoms with Gasteiger partial charge in [-0.15, -0.1) is 10.2 Å². The highest BCUT2D eigenvalue weighted by Crippen LogP contribution is 2.38. The van der Waals surface area contributed by atoms with Gasteiger partial charge in [0.1, 0.15) is 5.82 Å². The van der Waals surface area contributed by atoms with E-state index in [4.69, 9.17) is 5.73 Å². The highest BCUT2D eigenvalue weighted by atomic mass is 19.4. The molecule has 1 aromatic rings. The predicted octanol–water partition coefficient (Wildman–Crippen LogP) is 1.24. The Labute approximate surface area is 114 Å². The quantitative estimate of drug-likeness (QED) is 0.909. The number of nitrogens with two attached hydrogens (primary N) is 1. The van der Waals surface area contributed by atoms with Gasteiger partial charge >= 0.3 is 6.18 Å². The molecule has 0 radical (unpaired) electrons. The average Bonchev–Trinajstić information content (AvgIpc) is 3.08. The van der Waals surface area contributed by atoms with Crippen molar-refractivity contribution < 1.29 is 13.2 Å². The first-order valence-corrected chi connectivity index (χ1v) is 6.78. The molecule has 2 aliphatic rings. The third-order valence-corrected chi connectivity index (χ3v) is 4.16. The van der Waals surface area contributed by atoms with Gasteiger partial charge in [-0.25, -0.2) is 0 Å². The average molecular weight is 289 g/mol. The lowest BCUT2D eigenvalue weighted by Crippen LogP contribution is -2.51. The van der Waals surface area contributed by atoms with Crippen molar-refractivity contribution in [3.05, 3.63) is 11.6 Å². The molecule has 20 heavy (non-hydrogen) atoms. The fourth-order valence-electron chi connectivity index (χ4n) is 2.91. The van der Waals surface area contributed by atoms with Gasteiger partial charge in [0.05, 0.1) is 6.54 Å². The van der Waals surface area contributed by atoms with E-state index in [1.807, 2.05) is 6.92 Å². The highest BCUT2D eigenvalue weighted by Gasteiger charge is 2.42. The van der Waals surface area contributed by atoms with Crippen molar-refractivity contribution in [1.82, 2.24) is 19.7 Å². The minimum Gasteiger partial charge on any atom is -0.324 e. The molecule has 0 saturated heterocycles. The van der Waals surface area contributed by atoms with Gasteiger partial charge in [0.2, 0.25) is 5.82 Å². The molecule has 2 N–H and O–H groups in total. The summed E-state index contributed by atoms with van der Waals surface area (Å²) < 4.78 is 39.4. The summed E-state index contributed by atoms with van der Waals surface area (Å²) in [5.74, 6) is 0.00746. The van der Waals surface area contributed by atoms with Crippen molar-refractivity contribution in [2.24, 2.45) is 11.7 Å². The summed E-state index contributed by atoms with van der Waals surface area (Å²) in [4.78, 5) is 2.07. The molecule has 1 aliphatic heterocycles. The minimum absolute atomic E-state index is 0.262. The number of nitrogens with zero attached hydrogens (tertiary/aromatic N) is 4. The second-order valence-electron chi connectivity index (χ2n) is 6.08. The van der Waals surface area contributed by atoms with Crippen LogP contribution in [0.5, 0.6) is 0 Å². The Balaban J connectivity index is 1.72. The number of aromatic nitrogens is 3. The SMILES string of the molecule is CC(N)(CN1CCn2c(nnc2C(F)(F)F)C1)C1CC1. The van der Waals surface area contributed by atoms with E-state index < -0.39 is 12.0 Å². The van der Waals surface area contributed by atoms with Gasteiger partial charge in [0.15, 0.2) is 0 Å². The van der Waals surface area contributed by atoms with E-state index in [9.17, 15) is 13.2 Å². The molecule has 0 spiro atoms. The predicted molar refractivity (Wildman–Crippen MR) is 65.6 cm³/mol. The zero-order valence-corrected chi connectivity index (χ0v) is 11.3. The minimum atomic E-state index is -4.44. The van der Waals surface area contributed by atoms with Gasteiger partial charge < -0.3 is 10.3 Å². The third-order valence-electron chi connectivity index (χ3n) is 4.16. The lowest BCUT2D eigenvalue weighted by Gasteiger charge is -2.35. The first-order chi connectivity index (χ1) is 9.27. The van der Waals surface area contributed by atoms with Crippen LogP contribution in [-0.2, 0) is 19.3 Å². The highest BCUT2D eigenvalue weighted by molar-refractivity contribution is 5.04. The molecule has 1 aromatic heterocycles. The van der Waals surface area contributed by atoms with Gasteiger partial charge in [0, 0.05) is 25.2 Å². The summed E-state index contributed by atoms with van der Waals surface area (Å²) in [5, 5.41) is 6.95. The second kappa shape index (κ2) is 4.42. The fraction of sp³-hybridized carbons (Fsp3) is 0.833. The van der Waals surface area contributed by atoms with E-state index in [1.165, 1.54) is 4.57 Å². The Morgan fingerprint density at radius 3 is 2.55 bits per heavy atom. The van der Waals surface area contributed by atoms with Crippen molar-refractivity contribution in [1.29, 1.82) is 0 Å². The summed E-state index contributed by atoms with van der Waals surface area (Å²) in [7, 11) is 0. The van der Waals surface area contributed by atoms with Crippen LogP contribution in [0.1, 0.15) is 31.4 Å². The first kappa shape index (κ1) is 13.8. The molecular weight excluding hydrogens is 271 g/mol. The van der Waals surface area contributed by atoms with Gasteiger partial charge in [-0.3, -0.25) is 4.90 Å². The molecule has 8 heteroatoms. The molecule has 1 fully saturated rings. The first-order valence-electron chi connectivity index (χ1n) is 6.78. The van der Waals surface area contributed by atoms with Crippen molar-refractivity contribution >= 4 is 0 Å². The zero-order chi connectivity index (χ0) is 14.5. The number of hydrogen-bond donors (Lipinski definition) is 1. The maximum atomic E-state index is 12.7. The molecule has 112 valence electrons. The Bertz CT molecular complexity index is 504. The molecule has 1 aliphatic carbocycles. The normalized spacial score (nSPS) is 23.4. The Kier molecular flexibility index (Phi) is 3.06. The van der Waals surface area contributed by atoms with Crippen molar-refractivity contribution in [3.8, 4) is 0 Å². The molecule has 0 amide bonds. The third kappa shape index (κ3) is 2.54. The van der Waals surface area contributed by atoms with Crippen LogP contribution < -0.4 is 5.73 Å². The molecule has 1 atom stereocenters. The summed E-state index contributed by atoms with van der Waals surface area (Å²) >= 11 is 0. The number of hydrogen-bond acceptors (Lipinski definition) is 4. The molecule has 1 unspecified atom stereocenters. The molecule has 5 nitrogen and oxygen atoms in total. The van der Waals surface area contributed by atoms with Crippen LogP contribution in [-0.4, -0.2) is 38.3 Å². The summed E-state index contributed by atoms with van der Waals surface area (Å²) in [6.45, 7) is 3.89. The number of alkyl halides is 3. The topological polar surface area (TPSA) is 60.0 Å². The lowest BCUT2D eigenvalue weighted by atomic mass is 9.96. The number of fused-ring (bicyclic) bond motifs is 1. The maximum Gasteiger partial charge on any atom is 0.451 e. The second-order valence-corrected chi connectivity index (χ2v) is 6.08. The fourth-order valence-corrected chi connectivity index (χ4v) is 2.91.